The van der Waals surface area contributed by atoms with Crippen molar-refractivity contribution in [3.8, 4) is 17.1 Å². The van der Waals surface area contributed by atoms with E-state index >= 15 is 0 Å². The number of rotatable bonds is 5. The van der Waals surface area contributed by atoms with Crippen LogP contribution in [0.3, 0.4) is 0 Å². The van der Waals surface area contributed by atoms with Gasteiger partial charge in [0, 0.05) is 17.7 Å². The van der Waals surface area contributed by atoms with Crippen molar-refractivity contribution in [3.63, 3.8) is 0 Å². The van der Waals surface area contributed by atoms with Gasteiger partial charge in [-0.25, -0.2) is 9.59 Å². The number of nitrogens with one attached hydrogen (secondary N) is 1. The van der Waals surface area contributed by atoms with Crippen LogP contribution in [0.15, 0.2) is 68.2 Å². The van der Waals surface area contributed by atoms with E-state index < -0.39 is 16.8 Å². The smallest absolute Gasteiger partial charge is 0.410 e. The molecule has 1 N–H and O–H groups in total. The molecular formula is C17H12N2O7. The largest absolute Gasteiger partial charge is 0.519 e. The summed E-state index contributed by atoms with van der Waals surface area (Å²) >= 11 is 0. The molecule has 1 amide bonds. The minimum Gasteiger partial charge on any atom is -0.410 e. The fourth-order valence-electron chi connectivity index (χ4n) is 2.17. The molecule has 0 aliphatic carbocycles. The van der Waals surface area contributed by atoms with Gasteiger partial charge in [-0.05, 0) is 12.1 Å². The monoisotopic (exact) mass is 356 g/mol. The first-order valence-corrected chi connectivity index (χ1v) is 7.41. The molecule has 9 nitrogen and oxygen atoms in total. The van der Waals surface area contributed by atoms with Crippen molar-refractivity contribution in [2.45, 2.75) is 6.54 Å². The lowest BCUT2D eigenvalue weighted by Gasteiger charge is -2.05. The Morgan fingerprint density at radius 3 is 2.42 bits per heavy atom. The van der Waals surface area contributed by atoms with E-state index in [2.05, 4.69) is 5.32 Å². The van der Waals surface area contributed by atoms with Crippen LogP contribution < -0.4 is 15.9 Å². The summed E-state index contributed by atoms with van der Waals surface area (Å²) in [6, 6.07) is 13.8. The molecule has 0 aliphatic heterocycles. The van der Waals surface area contributed by atoms with Gasteiger partial charge in [-0.1, -0.05) is 30.3 Å². The second-order valence-electron chi connectivity index (χ2n) is 5.07. The number of nitro groups is 1. The summed E-state index contributed by atoms with van der Waals surface area (Å²) < 4.78 is 15.0. The third-order valence-corrected chi connectivity index (χ3v) is 3.33. The third kappa shape index (κ3) is 3.96. The summed E-state index contributed by atoms with van der Waals surface area (Å²) in [4.78, 5) is 33.2. The van der Waals surface area contributed by atoms with Crippen LogP contribution in [-0.4, -0.2) is 11.0 Å². The summed E-state index contributed by atoms with van der Waals surface area (Å²) in [6.07, 6.45) is -0.818. The van der Waals surface area contributed by atoms with Gasteiger partial charge < -0.3 is 18.9 Å². The van der Waals surface area contributed by atoms with Crippen molar-refractivity contribution in [2.24, 2.45) is 0 Å². The second-order valence-corrected chi connectivity index (χ2v) is 5.07. The molecule has 3 rings (SSSR count). The Morgan fingerprint density at radius 2 is 1.77 bits per heavy atom. The van der Waals surface area contributed by atoms with Gasteiger partial charge in [0.2, 0.25) is 0 Å². The summed E-state index contributed by atoms with van der Waals surface area (Å²) in [7, 11) is 0. The summed E-state index contributed by atoms with van der Waals surface area (Å²) in [6.45, 7) is -0.137. The molecule has 3 aromatic rings. The SMILES string of the molecule is O=C(NCc1oc(=O)oc1-c1ccccc1)Oc1ccc([N+](=O)[O-])cc1. The lowest BCUT2D eigenvalue weighted by molar-refractivity contribution is -0.384. The van der Waals surface area contributed by atoms with Gasteiger partial charge in [0.15, 0.2) is 11.5 Å². The van der Waals surface area contributed by atoms with Crippen molar-refractivity contribution in [3.05, 3.63) is 81.1 Å². The van der Waals surface area contributed by atoms with Crippen LogP contribution in [0.25, 0.3) is 11.3 Å². The van der Waals surface area contributed by atoms with Gasteiger partial charge in [-0.15, -0.1) is 0 Å². The van der Waals surface area contributed by atoms with E-state index in [1.807, 2.05) is 0 Å². The average Bonchev–Trinajstić information content (AvgIpc) is 3.02. The predicted octanol–water partition coefficient (Wildman–Crippen LogP) is 3.10. The van der Waals surface area contributed by atoms with Crippen LogP contribution in [0.2, 0.25) is 0 Å². The van der Waals surface area contributed by atoms with E-state index in [1.54, 1.807) is 30.3 Å². The van der Waals surface area contributed by atoms with E-state index in [0.717, 1.165) is 0 Å². The molecule has 1 aromatic heterocycles. The van der Waals surface area contributed by atoms with Gasteiger partial charge >= 0.3 is 11.9 Å². The maximum atomic E-state index is 11.8. The fourth-order valence-corrected chi connectivity index (χ4v) is 2.17. The van der Waals surface area contributed by atoms with Gasteiger partial charge in [0.1, 0.15) is 5.75 Å². The van der Waals surface area contributed by atoms with Crippen molar-refractivity contribution >= 4 is 11.8 Å². The first-order chi connectivity index (χ1) is 12.5. The number of hydrogen-bond donors (Lipinski definition) is 1. The van der Waals surface area contributed by atoms with Crippen molar-refractivity contribution in [1.82, 2.24) is 5.32 Å². The van der Waals surface area contributed by atoms with E-state index in [0.29, 0.717) is 5.56 Å². The number of benzene rings is 2. The lowest BCUT2D eigenvalue weighted by atomic mass is 10.1. The zero-order chi connectivity index (χ0) is 18.5. The maximum absolute atomic E-state index is 11.8. The quantitative estimate of drug-likeness (QED) is 0.550. The summed E-state index contributed by atoms with van der Waals surface area (Å²) in [5.74, 6) is -0.400. The fraction of sp³-hybridized carbons (Fsp3) is 0.0588. The molecule has 132 valence electrons. The highest BCUT2D eigenvalue weighted by Crippen LogP contribution is 2.22. The Bertz CT molecular complexity index is 974. The molecule has 0 saturated heterocycles. The molecule has 26 heavy (non-hydrogen) atoms. The second kappa shape index (κ2) is 7.34. The number of non-ortho nitro benzene ring substituents is 1. The minimum absolute atomic E-state index is 0.120. The number of carbonyl (C=O) groups is 1. The highest BCUT2D eigenvalue weighted by atomic mass is 16.6. The van der Waals surface area contributed by atoms with E-state index in [9.17, 15) is 19.7 Å². The molecule has 1 heterocycles. The number of ether oxygens (including phenoxy) is 1. The van der Waals surface area contributed by atoms with Gasteiger partial charge in [0.05, 0.1) is 11.5 Å². The van der Waals surface area contributed by atoms with Gasteiger partial charge in [-0.2, -0.15) is 0 Å². The highest BCUT2D eigenvalue weighted by molar-refractivity contribution is 5.70. The zero-order valence-corrected chi connectivity index (χ0v) is 13.2. The molecule has 9 heteroatoms. The molecule has 2 aromatic carbocycles. The minimum atomic E-state index is -0.885. The summed E-state index contributed by atoms with van der Waals surface area (Å²) in [5.41, 5.74) is 0.504. The zero-order valence-electron chi connectivity index (χ0n) is 13.2. The standard InChI is InChI=1S/C17H12N2O7/c20-16(24-13-8-6-12(7-9-13)19(22)23)18-10-14-15(26-17(21)25-14)11-4-2-1-3-5-11/h1-9H,10H2,(H,18,20). The molecular weight excluding hydrogens is 344 g/mol. The Morgan fingerprint density at radius 1 is 1.08 bits per heavy atom. The van der Waals surface area contributed by atoms with Crippen molar-refractivity contribution < 1.29 is 23.3 Å². The van der Waals surface area contributed by atoms with Crippen LogP contribution in [0, 0.1) is 10.1 Å². The Kier molecular flexibility index (Phi) is 4.79. The number of nitro benzene ring substituents is 1. The normalized spacial score (nSPS) is 10.3. The Labute approximate surface area is 146 Å². The topological polar surface area (TPSA) is 125 Å². The maximum Gasteiger partial charge on any atom is 0.519 e. The molecule has 0 radical (unpaired) electrons. The molecule has 0 bridgehead atoms. The molecule has 0 fully saturated rings. The number of carbonyl (C=O) groups excluding carboxylic acids is 1. The van der Waals surface area contributed by atoms with Crippen LogP contribution in [0.5, 0.6) is 5.75 Å². The number of amides is 1. The summed E-state index contributed by atoms with van der Waals surface area (Å²) in [5, 5.41) is 13.0. The van der Waals surface area contributed by atoms with E-state index in [-0.39, 0.29) is 29.5 Å². The molecule has 0 spiro atoms. The molecule has 0 aliphatic rings. The van der Waals surface area contributed by atoms with E-state index in [1.165, 1.54) is 24.3 Å². The number of nitrogens with zero attached hydrogens (tertiary/aromatic N) is 1. The molecule has 0 atom stereocenters. The Balaban J connectivity index is 1.65. The van der Waals surface area contributed by atoms with Crippen LogP contribution in [-0.2, 0) is 6.54 Å². The lowest BCUT2D eigenvalue weighted by Crippen LogP contribution is -2.26. The highest BCUT2D eigenvalue weighted by Gasteiger charge is 2.16. The molecule has 0 saturated carbocycles. The van der Waals surface area contributed by atoms with Crippen LogP contribution in [0.4, 0.5) is 10.5 Å². The molecule has 0 unspecified atom stereocenters. The number of hydrogen-bond acceptors (Lipinski definition) is 7. The van der Waals surface area contributed by atoms with Gasteiger partial charge in [-0.3, -0.25) is 10.1 Å². The first kappa shape index (κ1) is 17.0. The van der Waals surface area contributed by atoms with Crippen LogP contribution >= 0.6 is 0 Å². The first-order valence-electron chi connectivity index (χ1n) is 7.41. The predicted molar refractivity (Wildman–Crippen MR) is 88.6 cm³/mol. The van der Waals surface area contributed by atoms with Crippen molar-refractivity contribution in [2.75, 3.05) is 0 Å². The Hall–Kier alpha value is -3.88. The average molecular weight is 356 g/mol. The third-order valence-electron chi connectivity index (χ3n) is 3.33. The van der Waals surface area contributed by atoms with Gasteiger partial charge in [0.25, 0.3) is 5.69 Å². The van der Waals surface area contributed by atoms with Crippen LogP contribution in [0.1, 0.15) is 5.76 Å². The van der Waals surface area contributed by atoms with E-state index in [4.69, 9.17) is 13.6 Å². The van der Waals surface area contributed by atoms with Crippen molar-refractivity contribution in [1.29, 1.82) is 0 Å².